The van der Waals surface area contributed by atoms with Crippen LogP contribution in [0.15, 0.2) is 36.7 Å². The summed E-state index contributed by atoms with van der Waals surface area (Å²) in [6.07, 6.45) is 7.60. The van der Waals surface area contributed by atoms with Gasteiger partial charge in [-0.15, -0.1) is 0 Å². The summed E-state index contributed by atoms with van der Waals surface area (Å²) in [6.45, 7) is 6.32. The number of ketones is 1. The molecule has 24 heavy (non-hydrogen) atoms. The van der Waals surface area contributed by atoms with E-state index in [-0.39, 0.29) is 16.7 Å². The van der Waals surface area contributed by atoms with Crippen molar-refractivity contribution in [3.05, 3.63) is 64.6 Å². The molecular formula is C20H21ClN2O. The number of aryl methyl sites for hydroxylation is 1. The normalized spacial score (nSPS) is 21.6. The van der Waals surface area contributed by atoms with Crippen LogP contribution < -0.4 is 5.01 Å². The third-order valence-corrected chi connectivity index (χ3v) is 5.41. The van der Waals surface area contributed by atoms with Crippen LogP contribution in [0.25, 0.3) is 6.08 Å². The van der Waals surface area contributed by atoms with Crippen LogP contribution in [0.5, 0.6) is 0 Å². The molecule has 1 aromatic heterocycles. The monoisotopic (exact) mass is 340 g/mol. The zero-order valence-corrected chi connectivity index (χ0v) is 15.0. The average Bonchev–Trinajstić information content (AvgIpc) is 2.83. The van der Waals surface area contributed by atoms with Crippen LogP contribution in [-0.4, -0.2) is 10.5 Å². The molecule has 0 unspecified atom stereocenters. The molecule has 4 rings (SSSR count). The van der Waals surface area contributed by atoms with Gasteiger partial charge in [0.2, 0.25) is 0 Å². The minimum absolute atomic E-state index is 0.0220. The van der Waals surface area contributed by atoms with Crippen LogP contribution in [0.1, 0.15) is 58.5 Å². The lowest BCUT2D eigenvalue weighted by atomic mass is 9.75. The number of alkyl halides is 1. The van der Waals surface area contributed by atoms with Gasteiger partial charge in [0.25, 0.3) is 0 Å². The number of halogens is 1. The highest BCUT2D eigenvalue weighted by molar-refractivity contribution is 6.22. The van der Waals surface area contributed by atoms with Gasteiger partial charge in [0.1, 0.15) is 5.50 Å². The largest absolute Gasteiger partial charge is 0.294 e. The fourth-order valence-electron chi connectivity index (χ4n) is 3.90. The van der Waals surface area contributed by atoms with E-state index in [0.717, 1.165) is 34.4 Å². The summed E-state index contributed by atoms with van der Waals surface area (Å²) in [5.41, 5.74) is 4.90. The summed E-state index contributed by atoms with van der Waals surface area (Å²) in [5, 5.41) is 2.02. The molecular weight excluding hydrogens is 320 g/mol. The molecule has 0 saturated carbocycles. The van der Waals surface area contributed by atoms with E-state index in [1.807, 2.05) is 36.5 Å². The van der Waals surface area contributed by atoms with Gasteiger partial charge in [-0.05, 0) is 41.5 Å². The molecule has 2 heterocycles. The Kier molecular flexibility index (Phi) is 3.40. The average molecular weight is 341 g/mol. The Labute approximate surface area is 147 Å². The van der Waals surface area contributed by atoms with Crippen LogP contribution in [0.3, 0.4) is 0 Å². The SMILES string of the molecule is Cc1cn(N2C=Cc3ccccc3[C@@H]2Cl)c2c1C(=O)CC(C)(C)C2. The number of rotatable bonds is 1. The van der Waals surface area contributed by atoms with Gasteiger partial charge >= 0.3 is 0 Å². The topological polar surface area (TPSA) is 25.2 Å². The Hall–Kier alpha value is -2.00. The second-order valence-electron chi connectivity index (χ2n) is 7.58. The van der Waals surface area contributed by atoms with Crippen molar-refractivity contribution in [1.29, 1.82) is 0 Å². The Morgan fingerprint density at radius 3 is 2.75 bits per heavy atom. The molecule has 2 aliphatic rings. The number of aromatic nitrogens is 1. The Morgan fingerprint density at radius 2 is 1.96 bits per heavy atom. The zero-order chi connectivity index (χ0) is 17.1. The molecule has 124 valence electrons. The van der Waals surface area contributed by atoms with E-state index in [1.165, 1.54) is 0 Å². The molecule has 3 nitrogen and oxygen atoms in total. The van der Waals surface area contributed by atoms with Gasteiger partial charge < -0.3 is 0 Å². The number of nitrogens with zero attached hydrogens (tertiary/aromatic N) is 2. The number of hydrogen-bond donors (Lipinski definition) is 0. The number of fused-ring (bicyclic) bond motifs is 2. The number of carbonyl (C=O) groups is 1. The molecule has 0 amide bonds. The van der Waals surface area contributed by atoms with Gasteiger partial charge in [0, 0.05) is 24.4 Å². The van der Waals surface area contributed by atoms with E-state index in [4.69, 9.17) is 11.6 Å². The summed E-state index contributed by atoms with van der Waals surface area (Å²) in [7, 11) is 0. The molecule has 0 bridgehead atoms. The summed E-state index contributed by atoms with van der Waals surface area (Å²) in [4.78, 5) is 12.6. The lowest BCUT2D eigenvalue weighted by Crippen LogP contribution is -2.36. The van der Waals surface area contributed by atoms with Crippen molar-refractivity contribution in [2.45, 2.75) is 39.1 Å². The Bertz CT molecular complexity index is 863. The number of carbonyl (C=O) groups excluding carboxylic acids is 1. The maximum absolute atomic E-state index is 12.6. The van der Waals surface area contributed by atoms with Crippen molar-refractivity contribution in [1.82, 2.24) is 4.68 Å². The first-order valence-electron chi connectivity index (χ1n) is 8.31. The quantitative estimate of drug-likeness (QED) is 0.549. The first kappa shape index (κ1) is 15.5. The molecule has 4 heteroatoms. The van der Waals surface area contributed by atoms with E-state index in [9.17, 15) is 4.79 Å². The zero-order valence-electron chi connectivity index (χ0n) is 14.2. The van der Waals surface area contributed by atoms with Gasteiger partial charge in [-0.3, -0.25) is 14.5 Å². The van der Waals surface area contributed by atoms with Crippen molar-refractivity contribution < 1.29 is 4.79 Å². The molecule has 1 atom stereocenters. The maximum Gasteiger partial charge on any atom is 0.165 e. The third kappa shape index (κ3) is 2.30. The van der Waals surface area contributed by atoms with Crippen LogP contribution >= 0.6 is 11.6 Å². The molecule has 1 aliphatic heterocycles. The second-order valence-corrected chi connectivity index (χ2v) is 7.99. The molecule has 1 aromatic carbocycles. The highest BCUT2D eigenvalue weighted by Gasteiger charge is 2.36. The van der Waals surface area contributed by atoms with Gasteiger partial charge in [0.05, 0.1) is 5.69 Å². The molecule has 0 fully saturated rings. The molecule has 0 spiro atoms. The smallest absolute Gasteiger partial charge is 0.165 e. The molecule has 0 saturated heterocycles. The Balaban J connectivity index is 1.83. The minimum Gasteiger partial charge on any atom is -0.294 e. The molecule has 2 aromatic rings. The fraction of sp³-hybridized carbons (Fsp3) is 0.350. The van der Waals surface area contributed by atoms with E-state index < -0.39 is 0 Å². The summed E-state index contributed by atoms with van der Waals surface area (Å²) >= 11 is 6.78. The van der Waals surface area contributed by atoms with Crippen LogP contribution in [0.2, 0.25) is 0 Å². The van der Waals surface area contributed by atoms with Crippen LogP contribution in [0, 0.1) is 12.3 Å². The maximum atomic E-state index is 12.6. The predicted octanol–water partition coefficient (Wildman–Crippen LogP) is 4.81. The van der Waals surface area contributed by atoms with Crippen molar-refractivity contribution in [2.24, 2.45) is 5.41 Å². The van der Waals surface area contributed by atoms with Crippen LogP contribution in [-0.2, 0) is 6.42 Å². The van der Waals surface area contributed by atoms with Gasteiger partial charge in [-0.1, -0.05) is 49.7 Å². The van der Waals surface area contributed by atoms with Gasteiger partial charge in [0.15, 0.2) is 5.78 Å². The highest BCUT2D eigenvalue weighted by Crippen LogP contribution is 2.39. The third-order valence-electron chi connectivity index (χ3n) is 4.98. The highest BCUT2D eigenvalue weighted by atomic mass is 35.5. The molecule has 0 N–H and O–H groups in total. The number of benzene rings is 1. The van der Waals surface area contributed by atoms with Gasteiger partial charge in [-0.25, -0.2) is 0 Å². The number of Topliss-reactive ketones (excluding diaryl/α,β-unsaturated/α-hetero) is 1. The molecule has 1 aliphatic carbocycles. The van der Waals surface area contributed by atoms with E-state index in [0.29, 0.717) is 6.42 Å². The van der Waals surface area contributed by atoms with Crippen molar-refractivity contribution >= 4 is 23.5 Å². The van der Waals surface area contributed by atoms with Crippen molar-refractivity contribution in [3.63, 3.8) is 0 Å². The lowest BCUT2D eigenvalue weighted by molar-refractivity contribution is 0.0909. The van der Waals surface area contributed by atoms with Crippen molar-refractivity contribution in [2.75, 3.05) is 5.01 Å². The second kappa shape index (κ2) is 5.25. The predicted molar refractivity (Wildman–Crippen MR) is 97.9 cm³/mol. The lowest BCUT2D eigenvalue weighted by Gasteiger charge is -2.36. The number of hydrogen-bond acceptors (Lipinski definition) is 2. The first-order valence-corrected chi connectivity index (χ1v) is 8.75. The van der Waals surface area contributed by atoms with E-state index in [2.05, 4.69) is 36.7 Å². The molecule has 0 radical (unpaired) electrons. The van der Waals surface area contributed by atoms with Gasteiger partial charge in [-0.2, -0.15) is 0 Å². The van der Waals surface area contributed by atoms with E-state index >= 15 is 0 Å². The summed E-state index contributed by atoms with van der Waals surface area (Å²) < 4.78 is 2.08. The minimum atomic E-state index is -0.290. The van der Waals surface area contributed by atoms with Crippen LogP contribution in [0.4, 0.5) is 0 Å². The summed E-state index contributed by atoms with van der Waals surface area (Å²) in [5.74, 6) is 0.241. The van der Waals surface area contributed by atoms with Crippen molar-refractivity contribution in [3.8, 4) is 0 Å². The summed E-state index contributed by atoms with van der Waals surface area (Å²) in [6, 6.07) is 8.16. The van der Waals surface area contributed by atoms with E-state index in [1.54, 1.807) is 0 Å². The fourth-order valence-corrected chi connectivity index (χ4v) is 4.26. The Morgan fingerprint density at radius 1 is 1.21 bits per heavy atom. The first-order chi connectivity index (χ1) is 11.4. The standard InChI is InChI=1S/C20H21ClN2O/c1-13-12-23(16-10-20(2,3)11-17(24)18(13)16)22-9-8-14-6-4-5-7-15(14)19(22)21/h4-9,12,19H,10-11H2,1-3H3/t19-/m1/s1.